The number of nitrogens with zero attached hydrogens (tertiary/aromatic N) is 2. The second kappa shape index (κ2) is 6.91. The molecule has 0 spiro atoms. The molecule has 1 heterocycles. The molecular weight excluding hydrogens is 266 g/mol. The van der Waals surface area contributed by atoms with Gasteiger partial charge in [0, 0.05) is 12.7 Å². The number of carbonyl (C=O) groups is 1. The molecule has 1 rings (SSSR count). The van der Waals surface area contributed by atoms with E-state index in [2.05, 4.69) is 5.10 Å². The third-order valence-corrected chi connectivity index (χ3v) is 3.33. The Kier molecular flexibility index (Phi) is 5.82. The number of rotatable bonds is 7. The van der Waals surface area contributed by atoms with Gasteiger partial charge in [0.1, 0.15) is 5.54 Å². The molecule has 0 amide bonds. The van der Waals surface area contributed by atoms with Crippen molar-refractivity contribution in [1.82, 2.24) is 9.78 Å². The molecule has 0 saturated heterocycles. The smallest absolute Gasteiger partial charge is 0.325 e. The van der Waals surface area contributed by atoms with E-state index < -0.39 is 5.54 Å². The largest absolute Gasteiger partial charge is 0.465 e. The van der Waals surface area contributed by atoms with E-state index in [4.69, 9.17) is 22.1 Å². The third kappa shape index (κ3) is 4.84. The van der Waals surface area contributed by atoms with Crippen molar-refractivity contribution in [2.45, 2.75) is 52.1 Å². The van der Waals surface area contributed by atoms with Crippen molar-refractivity contribution in [2.75, 3.05) is 6.61 Å². The Balaban J connectivity index is 2.32. The molecule has 1 atom stereocenters. The van der Waals surface area contributed by atoms with Crippen LogP contribution in [0, 0.1) is 6.92 Å². The summed E-state index contributed by atoms with van der Waals surface area (Å²) in [7, 11) is 0. The number of nitrogens with two attached hydrogens (primary N) is 1. The number of hydrogen-bond donors (Lipinski definition) is 1. The van der Waals surface area contributed by atoms with Crippen LogP contribution in [0.25, 0.3) is 0 Å². The molecule has 1 unspecified atom stereocenters. The predicted molar refractivity (Wildman–Crippen MR) is 75.1 cm³/mol. The van der Waals surface area contributed by atoms with E-state index in [1.807, 2.05) is 17.8 Å². The van der Waals surface area contributed by atoms with Crippen LogP contribution >= 0.6 is 11.6 Å². The molecule has 6 heteroatoms. The van der Waals surface area contributed by atoms with E-state index in [1.165, 1.54) is 0 Å². The average Bonchev–Trinajstić information content (AvgIpc) is 2.65. The lowest BCUT2D eigenvalue weighted by atomic mass is 9.96. The Morgan fingerprint density at radius 3 is 2.79 bits per heavy atom. The average molecular weight is 288 g/mol. The van der Waals surface area contributed by atoms with Crippen molar-refractivity contribution in [3.05, 3.63) is 16.9 Å². The first-order chi connectivity index (χ1) is 8.86. The summed E-state index contributed by atoms with van der Waals surface area (Å²) in [6, 6.07) is 0. The highest BCUT2D eigenvalue weighted by molar-refractivity contribution is 6.31. The minimum Gasteiger partial charge on any atom is -0.465 e. The van der Waals surface area contributed by atoms with Gasteiger partial charge >= 0.3 is 5.97 Å². The molecule has 1 aromatic rings. The Hall–Kier alpha value is -1.07. The number of esters is 1. The number of aromatic nitrogens is 2. The molecular formula is C13H22ClN3O2. The summed E-state index contributed by atoms with van der Waals surface area (Å²) < 4.78 is 6.76. The fourth-order valence-electron chi connectivity index (χ4n) is 1.77. The minimum atomic E-state index is -0.909. The number of unbranched alkanes of at least 4 members (excludes halogenated alkanes) is 1. The van der Waals surface area contributed by atoms with Crippen LogP contribution in [0.2, 0.25) is 5.02 Å². The Morgan fingerprint density at radius 1 is 1.58 bits per heavy atom. The standard InChI is InChI=1S/C13H22ClN3O2/c1-4-19-12(18)13(3,15)7-5-6-8-17-9-11(14)10(2)16-17/h9H,4-8,15H2,1-3H3. The van der Waals surface area contributed by atoms with Crippen molar-refractivity contribution in [1.29, 1.82) is 0 Å². The molecule has 0 bridgehead atoms. The highest BCUT2D eigenvalue weighted by Crippen LogP contribution is 2.15. The van der Waals surface area contributed by atoms with E-state index in [1.54, 1.807) is 13.8 Å². The van der Waals surface area contributed by atoms with Crippen molar-refractivity contribution in [3.63, 3.8) is 0 Å². The lowest BCUT2D eigenvalue weighted by molar-refractivity contribution is -0.149. The van der Waals surface area contributed by atoms with E-state index in [0.717, 1.165) is 25.1 Å². The number of ether oxygens (including phenoxy) is 1. The van der Waals surface area contributed by atoms with Crippen molar-refractivity contribution in [2.24, 2.45) is 5.73 Å². The maximum atomic E-state index is 11.6. The highest BCUT2D eigenvalue weighted by Gasteiger charge is 2.28. The fourth-order valence-corrected chi connectivity index (χ4v) is 1.92. The molecule has 0 aliphatic carbocycles. The van der Waals surface area contributed by atoms with E-state index in [-0.39, 0.29) is 5.97 Å². The second-order valence-electron chi connectivity index (χ2n) is 4.92. The summed E-state index contributed by atoms with van der Waals surface area (Å²) >= 11 is 5.93. The Bertz CT molecular complexity index is 410. The second-order valence-corrected chi connectivity index (χ2v) is 5.33. The Labute approximate surface area is 119 Å². The van der Waals surface area contributed by atoms with Gasteiger partial charge in [0.2, 0.25) is 0 Å². The van der Waals surface area contributed by atoms with Gasteiger partial charge in [-0.1, -0.05) is 11.6 Å². The zero-order valence-corrected chi connectivity index (χ0v) is 12.5. The number of aryl methyl sites for hydroxylation is 2. The number of halogens is 1. The molecule has 0 radical (unpaired) electrons. The Morgan fingerprint density at radius 2 is 2.26 bits per heavy atom. The van der Waals surface area contributed by atoms with Gasteiger partial charge in [-0.15, -0.1) is 0 Å². The first kappa shape index (κ1) is 16.0. The van der Waals surface area contributed by atoms with Crippen LogP contribution < -0.4 is 5.73 Å². The molecule has 0 aliphatic rings. The monoisotopic (exact) mass is 287 g/mol. The molecule has 0 saturated carbocycles. The maximum Gasteiger partial charge on any atom is 0.325 e. The molecule has 0 fully saturated rings. The summed E-state index contributed by atoms with van der Waals surface area (Å²) in [6.45, 7) is 6.48. The van der Waals surface area contributed by atoms with Crippen LogP contribution in [-0.4, -0.2) is 27.9 Å². The normalized spacial score (nSPS) is 14.2. The van der Waals surface area contributed by atoms with Crippen LogP contribution in [0.1, 0.15) is 38.8 Å². The summed E-state index contributed by atoms with van der Waals surface area (Å²) in [5.41, 5.74) is 5.86. The van der Waals surface area contributed by atoms with Crippen LogP contribution in [0.15, 0.2) is 6.20 Å². The molecule has 2 N–H and O–H groups in total. The summed E-state index contributed by atoms with van der Waals surface area (Å²) in [5.74, 6) is -0.340. The van der Waals surface area contributed by atoms with Gasteiger partial charge in [-0.25, -0.2) is 0 Å². The quantitative estimate of drug-likeness (QED) is 0.617. The number of hydrogen-bond acceptors (Lipinski definition) is 4. The van der Waals surface area contributed by atoms with E-state index in [9.17, 15) is 4.79 Å². The van der Waals surface area contributed by atoms with E-state index >= 15 is 0 Å². The van der Waals surface area contributed by atoms with Gasteiger partial charge in [-0.3, -0.25) is 9.48 Å². The van der Waals surface area contributed by atoms with Crippen LogP contribution in [0.3, 0.4) is 0 Å². The van der Waals surface area contributed by atoms with Gasteiger partial charge in [-0.2, -0.15) is 5.10 Å². The minimum absolute atomic E-state index is 0.340. The molecule has 5 nitrogen and oxygen atoms in total. The van der Waals surface area contributed by atoms with Gasteiger partial charge in [-0.05, 0) is 40.0 Å². The lowest BCUT2D eigenvalue weighted by Crippen LogP contribution is -2.46. The van der Waals surface area contributed by atoms with Gasteiger partial charge in [0.25, 0.3) is 0 Å². The fraction of sp³-hybridized carbons (Fsp3) is 0.692. The van der Waals surface area contributed by atoms with Crippen molar-refractivity contribution >= 4 is 17.6 Å². The summed E-state index contributed by atoms with van der Waals surface area (Å²) in [5, 5.41) is 4.95. The van der Waals surface area contributed by atoms with Crippen molar-refractivity contribution in [3.8, 4) is 0 Å². The van der Waals surface area contributed by atoms with Gasteiger partial charge in [0.05, 0.1) is 17.3 Å². The topological polar surface area (TPSA) is 70.1 Å². The first-order valence-electron chi connectivity index (χ1n) is 6.52. The predicted octanol–water partition coefficient (Wildman–Crippen LogP) is 2.30. The lowest BCUT2D eigenvalue weighted by Gasteiger charge is -2.21. The third-order valence-electron chi connectivity index (χ3n) is 2.96. The van der Waals surface area contributed by atoms with Crippen LogP contribution in [0.5, 0.6) is 0 Å². The van der Waals surface area contributed by atoms with Crippen LogP contribution in [0.4, 0.5) is 0 Å². The van der Waals surface area contributed by atoms with Crippen molar-refractivity contribution < 1.29 is 9.53 Å². The molecule has 0 aliphatic heterocycles. The highest BCUT2D eigenvalue weighted by atomic mass is 35.5. The van der Waals surface area contributed by atoms with E-state index in [0.29, 0.717) is 18.1 Å². The molecule has 108 valence electrons. The molecule has 19 heavy (non-hydrogen) atoms. The molecule has 0 aromatic carbocycles. The number of carbonyl (C=O) groups excluding carboxylic acids is 1. The SMILES string of the molecule is CCOC(=O)C(C)(N)CCCCn1cc(Cl)c(C)n1. The summed E-state index contributed by atoms with van der Waals surface area (Å²) in [6.07, 6.45) is 4.13. The first-order valence-corrected chi connectivity index (χ1v) is 6.90. The van der Waals surface area contributed by atoms with Crippen LogP contribution in [-0.2, 0) is 16.1 Å². The zero-order chi connectivity index (χ0) is 14.5. The van der Waals surface area contributed by atoms with Gasteiger partial charge in [0.15, 0.2) is 0 Å². The zero-order valence-electron chi connectivity index (χ0n) is 11.8. The molecule has 1 aromatic heterocycles. The summed E-state index contributed by atoms with van der Waals surface area (Å²) in [4.78, 5) is 11.6. The maximum absolute atomic E-state index is 11.6. The van der Waals surface area contributed by atoms with Gasteiger partial charge < -0.3 is 10.5 Å².